The minimum Gasteiger partial charge on any atom is -0.496 e. The molecule has 1 saturated heterocycles. The summed E-state index contributed by atoms with van der Waals surface area (Å²) < 4.78 is 6.05. The lowest BCUT2D eigenvalue weighted by Crippen LogP contribution is -2.36. The molecule has 0 atom stereocenters. The van der Waals surface area contributed by atoms with Gasteiger partial charge in [-0.2, -0.15) is 0 Å². The van der Waals surface area contributed by atoms with Crippen molar-refractivity contribution in [3.05, 3.63) is 57.2 Å². The fraction of sp³-hybridized carbons (Fsp3) is 0.318. The highest BCUT2D eigenvalue weighted by Gasteiger charge is 2.20. The number of methoxy groups -OCH3 is 1. The number of carbonyl (C=O) groups is 2. The van der Waals surface area contributed by atoms with Gasteiger partial charge in [-0.3, -0.25) is 14.9 Å². The van der Waals surface area contributed by atoms with E-state index in [-0.39, 0.29) is 16.9 Å². The summed E-state index contributed by atoms with van der Waals surface area (Å²) in [7, 11) is 1.58. The van der Waals surface area contributed by atoms with Gasteiger partial charge in [-0.25, -0.2) is 0 Å². The van der Waals surface area contributed by atoms with Crippen LogP contribution in [0.2, 0.25) is 0 Å². The number of nitrogens with zero attached hydrogens (tertiary/aromatic N) is 1. The topological polar surface area (TPSA) is 70.7 Å². The van der Waals surface area contributed by atoms with Crippen LogP contribution in [-0.4, -0.2) is 42.0 Å². The lowest BCUT2D eigenvalue weighted by Gasteiger charge is -2.22. The van der Waals surface area contributed by atoms with Crippen LogP contribution < -0.4 is 15.4 Å². The van der Waals surface area contributed by atoms with Crippen LogP contribution >= 0.6 is 34.8 Å². The SMILES string of the molecule is COc1ccc(C(=O)NC(=S)Nc2ccccc2C(=O)N2CCCCCC2)cc1I. The van der Waals surface area contributed by atoms with Crippen LogP contribution in [0.3, 0.4) is 0 Å². The maximum atomic E-state index is 13.0. The average Bonchev–Trinajstić information content (AvgIpc) is 3.03. The molecule has 1 heterocycles. The van der Waals surface area contributed by atoms with E-state index in [1.807, 2.05) is 17.0 Å². The van der Waals surface area contributed by atoms with Crippen molar-refractivity contribution in [3.63, 3.8) is 0 Å². The van der Waals surface area contributed by atoms with Crippen LogP contribution in [0, 0.1) is 3.57 Å². The van der Waals surface area contributed by atoms with E-state index in [0.717, 1.165) is 42.3 Å². The second-order valence-electron chi connectivity index (χ2n) is 7.01. The van der Waals surface area contributed by atoms with E-state index < -0.39 is 0 Å². The first-order valence-electron chi connectivity index (χ1n) is 9.84. The smallest absolute Gasteiger partial charge is 0.257 e. The normalized spacial score (nSPS) is 13.9. The monoisotopic (exact) mass is 537 g/mol. The van der Waals surface area contributed by atoms with E-state index in [1.165, 1.54) is 0 Å². The minimum atomic E-state index is -0.329. The molecule has 158 valence electrons. The van der Waals surface area contributed by atoms with Gasteiger partial charge < -0.3 is 15.0 Å². The lowest BCUT2D eigenvalue weighted by molar-refractivity contribution is 0.0762. The number of carbonyl (C=O) groups excluding carboxylic acids is 2. The van der Waals surface area contributed by atoms with E-state index in [1.54, 1.807) is 37.4 Å². The van der Waals surface area contributed by atoms with Gasteiger partial charge in [0.2, 0.25) is 0 Å². The van der Waals surface area contributed by atoms with Crippen molar-refractivity contribution in [2.45, 2.75) is 25.7 Å². The first-order valence-corrected chi connectivity index (χ1v) is 11.3. The second-order valence-corrected chi connectivity index (χ2v) is 8.58. The maximum absolute atomic E-state index is 13.0. The van der Waals surface area contributed by atoms with E-state index in [0.29, 0.717) is 22.6 Å². The predicted octanol–water partition coefficient (Wildman–Crippen LogP) is 4.44. The number of rotatable bonds is 4. The van der Waals surface area contributed by atoms with Crippen molar-refractivity contribution in [2.75, 3.05) is 25.5 Å². The predicted molar refractivity (Wildman–Crippen MR) is 130 cm³/mol. The van der Waals surface area contributed by atoms with Crippen molar-refractivity contribution < 1.29 is 14.3 Å². The molecule has 3 rings (SSSR count). The first kappa shape index (κ1) is 22.5. The van der Waals surface area contributed by atoms with Crippen LogP contribution in [0.5, 0.6) is 5.75 Å². The Bertz CT molecular complexity index is 943. The zero-order valence-corrected chi connectivity index (χ0v) is 19.7. The van der Waals surface area contributed by atoms with Gasteiger partial charge in [0.1, 0.15) is 5.75 Å². The molecule has 0 radical (unpaired) electrons. The van der Waals surface area contributed by atoms with Crippen LogP contribution in [0.1, 0.15) is 46.4 Å². The Morgan fingerprint density at radius 1 is 1.07 bits per heavy atom. The van der Waals surface area contributed by atoms with E-state index in [2.05, 4.69) is 33.2 Å². The molecule has 0 unspecified atom stereocenters. The molecule has 1 aliphatic heterocycles. The van der Waals surface area contributed by atoms with E-state index in [4.69, 9.17) is 17.0 Å². The Morgan fingerprint density at radius 3 is 2.43 bits per heavy atom. The maximum Gasteiger partial charge on any atom is 0.257 e. The number of hydrogen-bond acceptors (Lipinski definition) is 4. The van der Waals surface area contributed by atoms with E-state index >= 15 is 0 Å². The van der Waals surface area contributed by atoms with Crippen molar-refractivity contribution in [1.29, 1.82) is 0 Å². The zero-order valence-electron chi connectivity index (χ0n) is 16.7. The molecule has 2 amide bonds. The highest BCUT2D eigenvalue weighted by molar-refractivity contribution is 14.1. The molecule has 30 heavy (non-hydrogen) atoms. The van der Waals surface area contributed by atoms with E-state index in [9.17, 15) is 9.59 Å². The molecule has 8 heteroatoms. The van der Waals surface area contributed by atoms with Gasteiger partial charge in [0.15, 0.2) is 5.11 Å². The van der Waals surface area contributed by atoms with Gasteiger partial charge in [-0.15, -0.1) is 0 Å². The molecule has 0 aromatic heterocycles. The van der Waals surface area contributed by atoms with Gasteiger partial charge in [-0.05, 0) is 78.0 Å². The van der Waals surface area contributed by atoms with Gasteiger partial charge in [0.25, 0.3) is 11.8 Å². The van der Waals surface area contributed by atoms with Gasteiger partial charge >= 0.3 is 0 Å². The molecule has 0 spiro atoms. The van der Waals surface area contributed by atoms with Gasteiger partial charge in [-0.1, -0.05) is 25.0 Å². The molecule has 2 aromatic rings. The summed E-state index contributed by atoms with van der Waals surface area (Å²) in [5.41, 5.74) is 1.61. The fourth-order valence-corrected chi connectivity index (χ4v) is 4.30. The summed E-state index contributed by atoms with van der Waals surface area (Å²) in [6.07, 6.45) is 4.36. The molecular formula is C22H24IN3O3S. The molecule has 0 aliphatic carbocycles. The molecule has 6 nitrogen and oxygen atoms in total. The van der Waals surface area contributed by atoms with Crippen LogP contribution in [0.15, 0.2) is 42.5 Å². The summed E-state index contributed by atoms with van der Waals surface area (Å²) in [6, 6.07) is 12.4. The number of ether oxygens (including phenoxy) is 1. The second kappa shape index (κ2) is 10.7. The number of likely N-dealkylation sites (tertiary alicyclic amines) is 1. The third-order valence-corrected chi connectivity index (χ3v) is 5.99. The first-order chi connectivity index (χ1) is 14.5. The molecule has 0 saturated carbocycles. The Labute approximate surface area is 195 Å². The number of thiocarbonyl (C=S) groups is 1. The summed E-state index contributed by atoms with van der Waals surface area (Å²) in [4.78, 5) is 27.5. The third kappa shape index (κ3) is 5.69. The highest BCUT2D eigenvalue weighted by atomic mass is 127. The zero-order chi connectivity index (χ0) is 21.5. The van der Waals surface area contributed by atoms with Crippen molar-refractivity contribution in [1.82, 2.24) is 10.2 Å². The number of para-hydroxylation sites is 1. The summed E-state index contributed by atoms with van der Waals surface area (Å²) in [5, 5.41) is 5.83. The fourth-order valence-electron chi connectivity index (χ4n) is 3.36. The Hall–Kier alpha value is -2.20. The molecule has 2 aromatic carbocycles. The summed E-state index contributed by atoms with van der Waals surface area (Å²) in [6.45, 7) is 1.54. The molecular weight excluding hydrogens is 513 g/mol. The number of nitrogens with one attached hydrogen (secondary N) is 2. The Balaban J connectivity index is 1.69. The molecule has 2 N–H and O–H groups in total. The number of amides is 2. The number of halogens is 1. The summed E-state index contributed by atoms with van der Waals surface area (Å²) in [5.74, 6) is 0.358. The largest absolute Gasteiger partial charge is 0.496 e. The minimum absolute atomic E-state index is 0.0150. The summed E-state index contributed by atoms with van der Waals surface area (Å²) >= 11 is 7.43. The van der Waals surface area contributed by atoms with Gasteiger partial charge in [0.05, 0.1) is 21.9 Å². The Morgan fingerprint density at radius 2 is 1.77 bits per heavy atom. The molecule has 1 fully saturated rings. The number of benzene rings is 2. The van der Waals surface area contributed by atoms with Gasteiger partial charge in [0, 0.05) is 18.7 Å². The van der Waals surface area contributed by atoms with Crippen molar-refractivity contribution in [3.8, 4) is 5.75 Å². The molecule has 1 aliphatic rings. The van der Waals surface area contributed by atoms with Crippen LogP contribution in [0.4, 0.5) is 5.69 Å². The third-order valence-electron chi connectivity index (χ3n) is 4.94. The Kier molecular flexibility index (Phi) is 8.03. The standard InChI is InChI=1S/C22H24IN3O3S/c1-29-19-11-10-15(14-17(19)23)20(27)25-22(30)24-18-9-5-4-8-16(18)21(28)26-12-6-2-3-7-13-26/h4-5,8-11,14H,2-3,6-7,12-13H2,1H3,(H2,24,25,27,30). The van der Waals surface area contributed by atoms with Crippen molar-refractivity contribution >= 4 is 57.4 Å². The number of hydrogen-bond donors (Lipinski definition) is 2. The highest BCUT2D eigenvalue weighted by Crippen LogP contribution is 2.22. The number of anilines is 1. The molecule has 0 bridgehead atoms. The van der Waals surface area contributed by atoms with Crippen LogP contribution in [0.25, 0.3) is 0 Å². The lowest BCUT2D eigenvalue weighted by atomic mass is 10.1. The quantitative estimate of drug-likeness (QED) is 0.446. The van der Waals surface area contributed by atoms with Crippen LogP contribution in [-0.2, 0) is 0 Å². The average molecular weight is 537 g/mol. The van der Waals surface area contributed by atoms with Crippen molar-refractivity contribution in [2.24, 2.45) is 0 Å².